The van der Waals surface area contributed by atoms with Crippen LogP contribution in [0, 0.1) is 0 Å². The lowest BCUT2D eigenvalue weighted by atomic mass is 10.1. The van der Waals surface area contributed by atoms with Crippen molar-refractivity contribution in [2.75, 3.05) is 38.2 Å². The van der Waals surface area contributed by atoms with Gasteiger partial charge in [0.1, 0.15) is 13.1 Å². The van der Waals surface area contributed by atoms with Crippen molar-refractivity contribution >= 4 is 57.4 Å². The fourth-order valence-electron chi connectivity index (χ4n) is 4.22. The summed E-state index contributed by atoms with van der Waals surface area (Å²) in [4.78, 5) is 53.7. The summed E-state index contributed by atoms with van der Waals surface area (Å²) in [7, 11) is 0. The fraction of sp³-hybridized carbons (Fsp3) is 0.231. The van der Waals surface area contributed by atoms with Crippen molar-refractivity contribution in [1.82, 2.24) is 14.4 Å². The minimum absolute atomic E-state index is 0.00430. The smallest absolute Gasteiger partial charge is 0.294 e. The second-order valence-electron chi connectivity index (χ2n) is 8.40. The summed E-state index contributed by atoms with van der Waals surface area (Å²) >= 11 is 0.800. The number of rotatable bonds is 6. The van der Waals surface area contributed by atoms with E-state index in [1.54, 1.807) is 35.2 Å². The van der Waals surface area contributed by atoms with Crippen molar-refractivity contribution in [2.24, 2.45) is 0 Å². The van der Waals surface area contributed by atoms with Crippen LogP contribution in [0.2, 0.25) is 0 Å². The molecule has 1 N–H and O–H groups in total. The Morgan fingerprint density at radius 1 is 0.972 bits per heavy atom. The monoisotopic (exact) mass is 504 g/mol. The molecule has 2 saturated heterocycles. The minimum Gasteiger partial charge on any atom is -0.378 e. The third-order valence-corrected chi connectivity index (χ3v) is 6.92. The van der Waals surface area contributed by atoms with Gasteiger partial charge in [0, 0.05) is 41.4 Å². The van der Waals surface area contributed by atoms with Gasteiger partial charge in [0.2, 0.25) is 11.8 Å². The van der Waals surface area contributed by atoms with E-state index in [1.807, 2.05) is 41.1 Å². The second-order valence-corrected chi connectivity index (χ2v) is 9.40. The number of fused-ring (bicyclic) bond motifs is 1. The lowest BCUT2D eigenvalue weighted by Gasteiger charge is -2.27. The predicted molar refractivity (Wildman–Crippen MR) is 137 cm³/mol. The van der Waals surface area contributed by atoms with Crippen LogP contribution in [-0.4, -0.2) is 70.2 Å². The summed E-state index contributed by atoms with van der Waals surface area (Å²) in [5, 5.41) is 3.05. The number of carbonyl (C=O) groups excluding carboxylic acids is 4. The molecule has 9 nitrogen and oxygen atoms in total. The van der Waals surface area contributed by atoms with Gasteiger partial charge in [-0.1, -0.05) is 36.4 Å². The molecule has 36 heavy (non-hydrogen) atoms. The van der Waals surface area contributed by atoms with Crippen molar-refractivity contribution in [2.45, 2.75) is 6.54 Å². The first-order valence-electron chi connectivity index (χ1n) is 11.5. The third-order valence-electron chi connectivity index (χ3n) is 6.01. The summed E-state index contributed by atoms with van der Waals surface area (Å²) in [6.45, 7) is 1.99. The SMILES string of the molecule is O=C(CN1C(=O)S/C(=C\c2cn(CC(=O)N3CCOCC3)c3ccccc23)C1=O)Nc1ccccc1. The highest BCUT2D eigenvalue weighted by Crippen LogP contribution is 2.34. The number of imide groups is 1. The fourth-order valence-corrected chi connectivity index (χ4v) is 5.05. The summed E-state index contributed by atoms with van der Waals surface area (Å²) in [5.74, 6) is -0.979. The Morgan fingerprint density at radius 3 is 2.47 bits per heavy atom. The number of para-hydroxylation sites is 2. The maximum Gasteiger partial charge on any atom is 0.294 e. The van der Waals surface area contributed by atoms with E-state index in [0.29, 0.717) is 32.0 Å². The zero-order chi connectivity index (χ0) is 25.1. The molecule has 0 radical (unpaired) electrons. The number of thioether (sulfide) groups is 1. The highest BCUT2D eigenvalue weighted by Gasteiger charge is 2.36. The molecule has 2 aromatic carbocycles. The van der Waals surface area contributed by atoms with Gasteiger partial charge in [0.15, 0.2) is 0 Å². The van der Waals surface area contributed by atoms with Gasteiger partial charge in [-0.05, 0) is 36.0 Å². The van der Waals surface area contributed by atoms with E-state index in [4.69, 9.17) is 4.74 Å². The van der Waals surface area contributed by atoms with Crippen molar-refractivity contribution < 1.29 is 23.9 Å². The van der Waals surface area contributed by atoms with Crippen LogP contribution in [-0.2, 0) is 25.7 Å². The van der Waals surface area contributed by atoms with Gasteiger partial charge in [0.05, 0.1) is 18.1 Å². The summed E-state index contributed by atoms with van der Waals surface area (Å²) in [6.07, 6.45) is 3.47. The van der Waals surface area contributed by atoms with Crippen molar-refractivity contribution in [3.05, 3.63) is 71.3 Å². The highest BCUT2D eigenvalue weighted by molar-refractivity contribution is 8.18. The van der Waals surface area contributed by atoms with E-state index < -0.39 is 17.1 Å². The normalized spacial score (nSPS) is 17.3. The number of morpholine rings is 1. The third kappa shape index (κ3) is 5.05. The average Bonchev–Trinajstić information content (AvgIpc) is 3.37. The lowest BCUT2D eigenvalue weighted by Crippen LogP contribution is -2.42. The molecule has 2 aliphatic rings. The predicted octanol–water partition coefficient (Wildman–Crippen LogP) is 3.18. The van der Waals surface area contributed by atoms with Crippen LogP contribution in [0.1, 0.15) is 5.56 Å². The van der Waals surface area contributed by atoms with E-state index in [1.165, 1.54) is 0 Å². The number of nitrogens with one attached hydrogen (secondary N) is 1. The van der Waals surface area contributed by atoms with E-state index in [9.17, 15) is 19.2 Å². The van der Waals surface area contributed by atoms with Crippen LogP contribution in [0.25, 0.3) is 17.0 Å². The second kappa shape index (κ2) is 10.4. The van der Waals surface area contributed by atoms with Gasteiger partial charge in [0.25, 0.3) is 11.1 Å². The molecule has 184 valence electrons. The average molecular weight is 505 g/mol. The number of ether oxygens (including phenoxy) is 1. The van der Waals surface area contributed by atoms with Gasteiger partial charge in [-0.15, -0.1) is 0 Å². The molecule has 5 rings (SSSR count). The Labute approximate surface area is 211 Å². The molecule has 0 spiro atoms. The summed E-state index contributed by atoms with van der Waals surface area (Å²) < 4.78 is 7.19. The van der Waals surface area contributed by atoms with Gasteiger partial charge in [-0.25, -0.2) is 0 Å². The Morgan fingerprint density at radius 2 is 1.69 bits per heavy atom. The van der Waals surface area contributed by atoms with Crippen LogP contribution in [0.5, 0.6) is 0 Å². The Balaban J connectivity index is 1.34. The van der Waals surface area contributed by atoms with Gasteiger partial charge in [-0.2, -0.15) is 0 Å². The van der Waals surface area contributed by atoms with E-state index in [2.05, 4.69) is 5.32 Å². The first-order valence-corrected chi connectivity index (χ1v) is 12.3. The number of hydrogen-bond acceptors (Lipinski definition) is 6. The maximum absolute atomic E-state index is 13.0. The molecule has 1 aromatic heterocycles. The number of benzene rings is 2. The number of anilines is 1. The molecule has 0 aliphatic carbocycles. The molecule has 2 aliphatic heterocycles. The van der Waals surface area contributed by atoms with Crippen molar-refractivity contribution in [3.63, 3.8) is 0 Å². The summed E-state index contributed by atoms with van der Waals surface area (Å²) in [5.41, 5.74) is 2.16. The van der Waals surface area contributed by atoms with Crippen LogP contribution >= 0.6 is 11.8 Å². The van der Waals surface area contributed by atoms with Gasteiger partial charge < -0.3 is 19.5 Å². The number of carbonyl (C=O) groups is 4. The Hall–Kier alpha value is -3.89. The molecule has 2 fully saturated rings. The first kappa shape index (κ1) is 23.8. The molecule has 0 atom stereocenters. The minimum atomic E-state index is -0.519. The number of nitrogens with zero attached hydrogens (tertiary/aromatic N) is 3. The number of hydrogen-bond donors (Lipinski definition) is 1. The zero-order valence-electron chi connectivity index (χ0n) is 19.4. The molecule has 0 bridgehead atoms. The van der Waals surface area contributed by atoms with E-state index >= 15 is 0 Å². The van der Waals surface area contributed by atoms with Crippen LogP contribution < -0.4 is 5.32 Å². The largest absolute Gasteiger partial charge is 0.378 e. The van der Waals surface area contributed by atoms with Crippen LogP contribution in [0.15, 0.2) is 65.7 Å². The molecular weight excluding hydrogens is 480 g/mol. The molecule has 10 heteroatoms. The van der Waals surface area contributed by atoms with Crippen LogP contribution in [0.3, 0.4) is 0 Å². The topological polar surface area (TPSA) is 101 Å². The number of aromatic nitrogens is 1. The van der Waals surface area contributed by atoms with Gasteiger partial charge >= 0.3 is 0 Å². The van der Waals surface area contributed by atoms with Crippen molar-refractivity contribution in [3.8, 4) is 0 Å². The molecule has 3 heterocycles. The zero-order valence-corrected chi connectivity index (χ0v) is 20.2. The Kier molecular flexibility index (Phi) is 6.88. The highest BCUT2D eigenvalue weighted by atomic mass is 32.2. The van der Waals surface area contributed by atoms with Gasteiger partial charge in [-0.3, -0.25) is 24.1 Å². The van der Waals surface area contributed by atoms with Crippen molar-refractivity contribution in [1.29, 1.82) is 0 Å². The first-order chi connectivity index (χ1) is 17.5. The molecular formula is C26H24N4O5S. The van der Waals surface area contributed by atoms with E-state index in [0.717, 1.165) is 33.1 Å². The molecule has 0 unspecified atom stereocenters. The quantitative estimate of drug-likeness (QED) is 0.518. The summed E-state index contributed by atoms with van der Waals surface area (Å²) in [6, 6.07) is 16.4. The standard InChI is InChI=1S/C26H24N4O5S/c31-23(27-19-6-2-1-3-7-19)16-30-25(33)22(36-26(30)34)14-18-15-29(21-9-5-4-8-20(18)21)17-24(32)28-10-12-35-13-11-28/h1-9,14-15H,10-13,16-17H2,(H,27,31)/b22-14-. The lowest BCUT2D eigenvalue weighted by molar-refractivity contribution is -0.135. The molecule has 3 aromatic rings. The molecule has 0 saturated carbocycles. The van der Waals surface area contributed by atoms with E-state index in [-0.39, 0.29) is 23.9 Å². The molecule has 4 amide bonds. The Bertz CT molecular complexity index is 1360. The number of amides is 4. The van der Waals surface area contributed by atoms with Crippen LogP contribution in [0.4, 0.5) is 10.5 Å². The maximum atomic E-state index is 13.0.